The number of aromatic nitrogens is 5. The van der Waals surface area contributed by atoms with Crippen molar-refractivity contribution in [3.63, 3.8) is 0 Å². The highest BCUT2D eigenvalue weighted by atomic mass is 32.3. The lowest BCUT2D eigenvalue weighted by molar-refractivity contribution is -0.138. The number of ether oxygens (including phenoxy) is 2. The summed E-state index contributed by atoms with van der Waals surface area (Å²) in [7, 11) is -1.68. The Balaban J connectivity index is 1.59. The van der Waals surface area contributed by atoms with Crippen LogP contribution in [0.5, 0.6) is 5.88 Å². The largest absolute Gasteiger partial charge is 0.477 e. The molecule has 0 spiro atoms. The summed E-state index contributed by atoms with van der Waals surface area (Å²) in [6, 6.07) is 5.05. The Bertz CT molecular complexity index is 1350. The Hall–Kier alpha value is -3.92. The molecule has 0 atom stereocenters. The summed E-state index contributed by atoms with van der Waals surface area (Å²) < 4.78 is 33.2. The van der Waals surface area contributed by atoms with Crippen LogP contribution in [0.3, 0.4) is 0 Å². The third-order valence-corrected chi connectivity index (χ3v) is 8.00. The van der Waals surface area contributed by atoms with Gasteiger partial charge in [-0.1, -0.05) is 0 Å². The standard InChI is InChI=1S/C26H34N8O6S/c1-4-40-22-16-27-15-19(30-22)18-6-7-21(29-14-18)32-24(36)26(9-12-34(13-10-26)23(35)17-39-3)20-8-11-28-25(31-20)33-41(37,38)5-2/h6-8,11,14-16,37-38H,4-5,9-10,12-13,17H2,1-3H3,(H,28,31,33)(H,29,32,36). The van der Waals surface area contributed by atoms with Crippen LogP contribution in [0.1, 0.15) is 32.4 Å². The summed E-state index contributed by atoms with van der Waals surface area (Å²) in [5.41, 5.74) is 0.510. The van der Waals surface area contributed by atoms with Crippen molar-refractivity contribution in [2.45, 2.75) is 32.1 Å². The number of amides is 2. The lowest BCUT2D eigenvalue weighted by Crippen LogP contribution is -2.52. The van der Waals surface area contributed by atoms with Gasteiger partial charge in [0.2, 0.25) is 23.6 Å². The van der Waals surface area contributed by atoms with Crippen LogP contribution in [0, 0.1) is 0 Å². The first kappa shape index (κ1) is 30.0. The predicted molar refractivity (Wildman–Crippen MR) is 153 cm³/mol. The number of nitrogens with zero attached hydrogens (tertiary/aromatic N) is 6. The number of hydrogen-bond donors (Lipinski definition) is 4. The molecule has 1 aliphatic heterocycles. The van der Waals surface area contributed by atoms with Crippen molar-refractivity contribution >= 4 is 34.4 Å². The van der Waals surface area contributed by atoms with Crippen molar-refractivity contribution in [1.29, 1.82) is 0 Å². The number of pyridine rings is 1. The van der Waals surface area contributed by atoms with E-state index in [4.69, 9.17) is 9.47 Å². The maximum Gasteiger partial charge on any atom is 0.248 e. The van der Waals surface area contributed by atoms with Crippen molar-refractivity contribution in [2.75, 3.05) is 49.2 Å². The molecule has 1 aliphatic rings. The third kappa shape index (κ3) is 7.24. The van der Waals surface area contributed by atoms with Crippen LogP contribution >= 0.6 is 10.8 Å². The lowest BCUT2D eigenvalue weighted by atomic mass is 9.74. The second-order valence-electron chi connectivity index (χ2n) is 9.28. The van der Waals surface area contributed by atoms with Gasteiger partial charge in [-0.25, -0.2) is 19.9 Å². The average molecular weight is 587 g/mol. The Kier molecular flexibility index (Phi) is 9.65. The van der Waals surface area contributed by atoms with E-state index in [2.05, 4.69) is 35.0 Å². The molecule has 41 heavy (non-hydrogen) atoms. The van der Waals surface area contributed by atoms with Crippen LogP contribution in [0.15, 0.2) is 43.0 Å². The highest BCUT2D eigenvalue weighted by molar-refractivity contribution is 8.25. The van der Waals surface area contributed by atoms with E-state index >= 15 is 0 Å². The Morgan fingerprint density at radius 2 is 1.85 bits per heavy atom. The maximum absolute atomic E-state index is 13.9. The van der Waals surface area contributed by atoms with Crippen LogP contribution in [0.2, 0.25) is 0 Å². The van der Waals surface area contributed by atoms with Gasteiger partial charge in [0.1, 0.15) is 12.4 Å². The fourth-order valence-corrected chi connectivity index (χ4v) is 4.94. The quantitative estimate of drug-likeness (QED) is 0.258. The Morgan fingerprint density at radius 3 is 2.51 bits per heavy atom. The fourth-order valence-electron chi connectivity index (χ4n) is 4.40. The molecular weight excluding hydrogens is 552 g/mol. The van der Waals surface area contributed by atoms with E-state index in [9.17, 15) is 18.7 Å². The predicted octanol–water partition coefficient (Wildman–Crippen LogP) is 2.97. The summed E-state index contributed by atoms with van der Waals surface area (Å²) in [5, 5.41) is 2.90. The van der Waals surface area contributed by atoms with E-state index < -0.39 is 16.2 Å². The van der Waals surface area contributed by atoms with E-state index in [1.54, 1.807) is 42.4 Å². The number of anilines is 2. The summed E-state index contributed by atoms with van der Waals surface area (Å²) in [4.78, 5) is 49.6. The molecule has 0 saturated carbocycles. The molecule has 1 saturated heterocycles. The van der Waals surface area contributed by atoms with Gasteiger partial charge >= 0.3 is 0 Å². The molecule has 15 heteroatoms. The summed E-state index contributed by atoms with van der Waals surface area (Å²) in [5.74, 6) is 0.244. The van der Waals surface area contributed by atoms with Gasteiger partial charge in [-0.05, 0) is 44.9 Å². The van der Waals surface area contributed by atoms with E-state index in [1.807, 2.05) is 6.92 Å². The van der Waals surface area contributed by atoms with Crippen molar-refractivity contribution in [3.05, 3.63) is 48.7 Å². The highest BCUT2D eigenvalue weighted by Crippen LogP contribution is 2.39. The van der Waals surface area contributed by atoms with Gasteiger partial charge in [-0.2, -0.15) is 0 Å². The van der Waals surface area contributed by atoms with Gasteiger partial charge in [0.25, 0.3) is 0 Å². The zero-order valence-corrected chi connectivity index (χ0v) is 23.9. The van der Waals surface area contributed by atoms with Crippen LogP contribution in [-0.2, 0) is 19.7 Å². The SMILES string of the molecule is CCOc1cncc(-c2ccc(NC(=O)C3(c4ccnc(NS(O)(O)CC)n4)CCN(C(=O)COC)CC3)nc2)n1. The lowest BCUT2D eigenvalue weighted by Gasteiger charge is -2.40. The zero-order valence-electron chi connectivity index (χ0n) is 23.1. The molecule has 0 radical (unpaired) electrons. The zero-order chi connectivity index (χ0) is 29.5. The molecule has 0 aromatic carbocycles. The van der Waals surface area contributed by atoms with Crippen molar-refractivity contribution in [1.82, 2.24) is 29.8 Å². The molecule has 3 aromatic heterocycles. The molecule has 14 nitrogen and oxygen atoms in total. The van der Waals surface area contributed by atoms with E-state index in [1.165, 1.54) is 19.5 Å². The molecule has 0 bridgehead atoms. The Labute approximate surface area is 239 Å². The van der Waals surface area contributed by atoms with E-state index in [0.29, 0.717) is 48.3 Å². The minimum Gasteiger partial charge on any atom is -0.477 e. The van der Waals surface area contributed by atoms with E-state index in [0.717, 1.165) is 0 Å². The molecule has 2 amide bonds. The molecule has 4 rings (SSSR count). The number of likely N-dealkylation sites (tertiary alicyclic amines) is 1. The summed E-state index contributed by atoms with van der Waals surface area (Å²) >= 11 is 0. The van der Waals surface area contributed by atoms with Crippen LogP contribution in [0.25, 0.3) is 11.3 Å². The maximum atomic E-state index is 13.9. The first-order valence-corrected chi connectivity index (χ1v) is 14.8. The minimum absolute atomic E-state index is 0.00714. The second-order valence-corrected chi connectivity index (χ2v) is 11.4. The number of methoxy groups -OCH3 is 1. The first-order chi connectivity index (χ1) is 19.7. The van der Waals surface area contributed by atoms with Crippen LogP contribution in [-0.4, -0.2) is 89.9 Å². The van der Waals surface area contributed by atoms with Crippen molar-refractivity contribution in [2.24, 2.45) is 0 Å². The molecule has 4 N–H and O–H groups in total. The molecule has 220 valence electrons. The van der Waals surface area contributed by atoms with E-state index in [-0.39, 0.29) is 43.0 Å². The van der Waals surface area contributed by atoms with Crippen molar-refractivity contribution < 1.29 is 28.2 Å². The number of carbonyl (C=O) groups is 2. The number of nitrogens with one attached hydrogen (secondary N) is 2. The number of carbonyl (C=O) groups excluding carboxylic acids is 2. The van der Waals surface area contributed by atoms with Gasteiger partial charge < -0.3 is 19.7 Å². The average Bonchev–Trinajstić information content (AvgIpc) is 2.98. The monoisotopic (exact) mass is 586 g/mol. The number of hydrogen-bond acceptors (Lipinski definition) is 12. The molecule has 4 heterocycles. The molecule has 3 aromatic rings. The smallest absolute Gasteiger partial charge is 0.248 e. The van der Waals surface area contributed by atoms with Crippen LogP contribution < -0.4 is 14.8 Å². The normalized spacial score (nSPS) is 15.2. The molecular formula is C26H34N8O6S. The summed E-state index contributed by atoms with van der Waals surface area (Å²) in [6.45, 7) is 4.49. The number of rotatable bonds is 11. The molecule has 1 fully saturated rings. The van der Waals surface area contributed by atoms with Crippen molar-refractivity contribution in [3.8, 4) is 17.1 Å². The number of piperidine rings is 1. The molecule has 0 unspecified atom stereocenters. The second kappa shape index (κ2) is 13.2. The Morgan fingerprint density at radius 1 is 1.07 bits per heavy atom. The van der Waals surface area contributed by atoms with Gasteiger partial charge in [0.15, 0.2) is 0 Å². The molecule has 0 aliphatic carbocycles. The van der Waals surface area contributed by atoms with Gasteiger partial charge in [-0.3, -0.25) is 28.4 Å². The van der Waals surface area contributed by atoms with Gasteiger partial charge in [0, 0.05) is 38.2 Å². The minimum atomic E-state index is -3.14. The fraction of sp³-hybridized carbons (Fsp3) is 0.423. The van der Waals surface area contributed by atoms with Crippen LogP contribution in [0.4, 0.5) is 11.8 Å². The van der Waals surface area contributed by atoms with Gasteiger partial charge in [0.05, 0.1) is 41.6 Å². The summed E-state index contributed by atoms with van der Waals surface area (Å²) in [6.07, 6.45) is 6.70. The van der Waals surface area contributed by atoms with Gasteiger partial charge in [-0.15, -0.1) is 10.8 Å². The first-order valence-electron chi connectivity index (χ1n) is 13.1. The third-order valence-electron chi connectivity index (χ3n) is 6.68. The topological polar surface area (TPSA) is 185 Å². The highest BCUT2D eigenvalue weighted by Gasteiger charge is 2.45.